The van der Waals surface area contributed by atoms with Crippen molar-refractivity contribution in [1.29, 1.82) is 0 Å². The fraction of sp³-hybridized carbons (Fsp3) is 0.120. The predicted octanol–water partition coefficient (Wildman–Crippen LogP) is 7.43. The van der Waals surface area contributed by atoms with Crippen LogP contribution in [0.2, 0.25) is 15.1 Å². The van der Waals surface area contributed by atoms with Gasteiger partial charge in [-0.2, -0.15) is 0 Å². The van der Waals surface area contributed by atoms with Gasteiger partial charge in [0.1, 0.15) is 6.61 Å². The van der Waals surface area contributed by atoms with E-state index in [-0.39, 0.29) is 5.91 Å². The van der Waals surface area contributed by atoms with Gasteiger partial charge in [0.25, 0.3) is 5.91 Å². The number of amides is 1. The van der Waals surface area contributed by atoms with Gasteiger partial charge in [0.15, 0.2) is 16.7 Å². The minimum absolute atomic E-state index is 0.221. The highest BCUT2D eigenvalue weighted by Gasteiger charge is 2.24. The monoisotopic (exact) mass is 532 g/mol. The van der Waals surface area contributed by atoms with Gasteiger partial charge in [-0.3, -0.25) is 4.79 Å². The van der Waals surface area contributed by atoms with E-state index in [1.807, 2.05) is 31.2 Å². The number of hydrogen-bond acceptors (Lipinski definition) is 5. The van der Waals surface area contributed by atoms with Crippen molar-refractivity contribution in [2.75, 3.05) is 7.11 Å². The molecule has 1 N–H and O–H groups in total. The van der Waals surface area contributed by atoms with Crippen LogP contribution in [0.5, 0.6) is 11.5 Å². The number of thioether (sulfide) groups is 1. The van der Waals surface area contributed by atoms with Crippen LogP contribution in [-0.4, -0.2) is 18.2 Å². The molecule has 0 aromatic heterocycles. The Labute approximate surface area is 216 Å². The highest BCUT2D eigenvalue weighted by atomic mass is 35.5. The fourth-order valence-corrected chi connectivity index (χ4v) is 4.42. The number of carbonyl (C=O) groups excluding carboxylic acids is 1. The third kappa shape index (κ3) is 5.88. The quantitative estimate of drug-likeness (QED) is 0.335. The Kier molecular flexibility index (Phi) is 7.73. The van der Waals surface area contributed by atoms with Crippen LogP contribution in [-0.2, 0) is 11.4 Å². The topological polar surface area (TPSA) is 59.9 Å². The Morgan fingerprint density at radius 2 is 1.79 bits per heavy atom. The predicted molar refractivity (Wildman–Crippen MR) is 141 cm³/mol. The van der Waals surface area contributed by atoms with E-state index >= 15 is 0 Å². The number of halogens is 3. The number of hydrogen-bond donors (Lipinski definition) is 1. The molecule has 34 heavy (non-hydrogen) atoms. The molecular weight excluding hydrogens is 515 g/mol. The minimum atomic E-state index is -0.221. The molecular formula is C25H19Cl3N2O3S. The van der Waals surface area contributed by atoms with E-state index in [9.17, 15) is 4.79 Å². The molecule has 3 aromatic carbocycles. The average Bonchev–Trinajstić information content (AvgIpc) is 3.15. The molecule has 0 atom stereocenters. The number of nitrogens with zero attached hydrogens (tertiary/aromatic N) is 1. The van der Waals surface area contributed by atoms with Gasteiger partial charge in [0.05, 0.1) is 27.7 Å². The first kappa shape index (κ1) is 24.5. The zero-order valence-corrected chi connectivity index (χ0v) is 21.3. The first-order chi connectivity index (χ1) is 16.3. The number of methoxy groups -OCH3 is 1. The van der Waals surface area contributed by atoms with E-state index in [2.05, 4.69) is 10.3 Å². The molecule has 4 rings (SSSR count). The van der Waals surface area contributed by atoms with Crippen molar-refractivity contribution < 1.29 is 14.3 Å². The van der Waals surface area contributed by atoms with Gasteiger partial charge in [-0.05, 0) is 77.9 Å². The lowest BCUT2D eigenvalue weighted by atomic mass is 10.2. The molecule has 0 bridgehead atoms. The smallest absolute Gasteiger partial charge is 0.264 e. The molecule has 0 spiro atoms. The van der Waals surface area contributed by atoms with Crippen LogP contribution in [0.15, 0.2) is 64.5 Å². The summed E-state index contributed by atoms with van der Waals surface area (Å²) >= 11 is 19.5. The molecule has 1 fully saturated rings. The van der Waals surface area contributed by atoms with Crippen LogP contribution in [0.1, 0.15) is 16.7 Å². The van der Waals surface area contributed by atoms with Gasteiger partial charge >= 0.3 is 0 Å². The van der Waals surface area contributed by atoms with E-state index in [1.54, 1.807) is 43.5 Å². The fourth-order valence-electron chi connectivity index (χ4n) is 3.08. The Morgan fingerprint density at radius 1 is 0.971 bits per heavy atom. The number of ether oxygens (including phenoxy) is 2. The SMILES string of the molecule is COc1cc(C=C2SC(=Nc3ccc(C)c(Cl)c3)NC2=O)ccc1OCc1ccc(Cl)c(Cl)c1. The third-order valence-corrected chi connectivity index (χ3v) is 6.96. The largest absolute Gasteiger partial charge is 0.493 e. The molecule has 0 radical (unpaired) electrons. The summed E-state index contributed by atoms with van der Waals surface area (Å²) in [5.41, 5.74) is 3.30. The van der Waals surface area contributed by atoms with Crippen molar-refractivity contribution in [3.05, 3.63) is 91.3 Å². The van der Waals surface area contributed by atoms with Crippen LogP contribution in [0.3, 0.4) is 0 Å². The Bertz CT molecular complexity index is 1320. The van der Waals surface area contributed by atoms with Crippen molar-refractivity contribution in [2.45, 2.75) is 13.5 Å². The maximum atomic E-state index is 12.4. The molecule has 3 aromatic rings. The van der Waals surface area contributed by atoms with Gasteiger partial charge in [-0.1, -0.05) is 53.0 Å². The van der Waals surface area contributed by atoms with Crippen LogP contribution in [0.25, 0.3) is 6.08 Å². The van der Waals surface area contributed by atoms with Gasteiger partial charge in [0, 0.05) is 5.02 Å². The van der Waals surface area contributed by atoms with E-state index in [1.165, 1.54) is 11.8 Å². The van der Waals surface area contributed by atoms with E-state index in [0.717, 1.165) is 16.7 Å². The molecule has 1 aliphatic rings. The van der Waals surface area contributed by atoms with Crippen molar-refractivity contribution in [3.63, 3.8) is 0 Å². The average molecular weight is 534 g/mol. The third-order valence-electron chi connectivity index (χ3n) is 4.90. The van der Waals surface area contributed by atoms with E-state index < -0.39 is 0 Å². The normalized spacial score (nSPS) is 15.6. The van der Waals surface area contributed by atoms with E-state index in [4.69, 9.17) is 44.3 Å². The number of carbonyl (C=O) groups is 1. The molecule has 5 nitrogen and oxygen atoms in total. The summed E-state index contributed by atoms with van der Waals surface area (Å²) in [5.74, 6) is 0.889. The maximum absolute atomic E-state index is 12.4. The zero-order chi connectivity index (χ0) is 24.2. The lowest BCUT2D eigenvalue weighted by Gasteiger charge is -2.12. The molecule has 1 heterocycles. The van der Waals surface area contributed by atoms with Crippen LogP contribution in [0.4, 0.5) is 5.69 Å². The first-order valence-electron chi connectivity index (χ1n) is 10.1. The molecule has 0 aliphatic carbocycles. The summed E-state index contributed by atoms with van der Waals surface area (Å²) in [6.07, 6.45) is 1.77. The molecule has 9 heteroatoms. The van der Waals surface area contributed by atoms with Gasteiger partial charge in [-0.25, -0.2) is 4.99 Å². The van der Waals surface area contributed by atoms with Crippen molar-refractivity contribution in [2.24, 2.45) is 4.99 Å². The number of nitrogens with one attached hydrogen (secondary N) is 1. The van der Waals surface area contributed by atoms with Crippen molar-refractivity contribution >= 4 is 69.4 Å². The van der Waals surface area contributed by atoms with Crippen LogP contribution < -0.4 is 14.8 Å². The summed E-state index contributed by atoms with van der Waals surface area (Å²) in [7, 11) is 1.56. The second-order valence-electron chi connectivity index (χ2n) is 7.36. The number of aliphatic imine (C=N–C) groups is 1. The summed E-state index contributed by atoms with van der Waals surface area (Å²) < 4.78 is 11.4. The molecule has 0 unspecified atom stereocenters. The highest BCUT2D eigenvalue weighted by molar-refractivity contribution is 8.18. The van der Waals surface area contributed by atoms with Gasteiger partial charge in [-0.15, -0.1) is 0 Å². The van der Waals surface area contributed by atoms with Crippen LogP contribution in [0, 0.1) is 6.92 Å². The molecule has 174 valence electrons. The summed E-state index contributed by atoms with van der Waals surface area (Å²) in [5, 5.41) is 4.86. The minimum Gasteiger partial charge on any atom is -0.493 e. The summed E-state index contributed by atoms with van der Waals surface area (Å²) in [4.78, 5) is 17.4. The standard InChI is InChI=1S/C25H19Cl3N2O3S/c1-14-3-6-17(12-19(14)27)29-25-30-24(31)23(34-25)11-15-5-8-21(22(10-15)32-2)33-13-16-4-7-18(26)20(28)9-16/h3-12H,13H2,1-2H3,(H,29,30,31). The Hall–Kier alpha value is -2.64. The number of aryl methyl sites for hydroxylation is 1. The Morgan fingerprint density at radius 3 is 2.53 bits per heavy atom. The lowest BCUT2D eigenvalue weighted by molar-refractivity contribution is -0.115. The van der Waals surface area contributed by atoms with Gasteiger partial charge in [0.2, 0.25) is 0 Å². The number of rotatable bonds is 6. The second-order valence-corrected chi connectivity index (χ2v) is 9.61. The van der Waals surface area contributed by atoms with Crippen LogP contribution >= 0.6 is 46.6 Å². The molecule has 1 aliphatic heterocycles. The molecule has 0 saturated carbocycles. The summed E-state index contributed by atoms with van der Waals surface area (Å²) in [6.45, 7) is 2.22. The Balaban J connectivity index is 1.48. The summed E-state index contributed by atoms with van der Waals surface area (Å²) in [6, 6.07) is 16.3. The highest BCUT2D eigenvalue weighted by Crippen LogP contribution is 2.33. The zero-order valence-electron chi connectivity index (χ0n) is 18.2. The van der Waals surface area contributed by atoms with Crippen molar-refractivity contribution in [3.8, 4) is 11.5 Å². The van der Waals surface area contributed by atoms with Crippen molar-refractivity contribution in [1.82, 2.24) is 5.32 Å². The van der Waals surface area contributed by atoms with Gasteiger partial charge < -0.3 is 14.8 Å². The number of benzene rings is 3. The number of amidine groups is 1. The molecule has 1 saturated heterocycles. The maximum Gasteiger partial charge on any atom is 0.264 e. The first-order valence-corrected chi connectivity index (χ1v) is 12.1. The van der Waals surface area contributed by atoms with E-state index in [0.29, 0.717) is 48.9 Å². The lowest BCUT2D eigenvalue weighted by Crippen LogP contribution is -2.19. The second kappa shape index (κ2) is 10.7. The molecule has 1 amide bonds.